The van der Waals surface area contributed by atoms with Crippen LogP contribution < -0.4 is 10.6 Å². The van der Waals surface area contributed by atoms with E-state index in [1.165, 1.54) is 5.56 Å². The van der Waals surface area contributed by atoms with Crippen molar-refractivity contribution in [3.63, 3.8) is 0 Å². The molecule has 0 saturated heterocycles. The fourth-order valence-corrected chi connectivity index (χ4v) is 6.87. The summed E-state index contributed by atoms with van der Waals surface area (Å²) < 4.78 is 16.8. The quantitative estimate of drug-likeness (QED) is 0.601. The third kappa shape index (κ3) is 3.05. The summed E-state index contributed by atoms with van der Waals surface area (Å²) in [4.78, 5) is 0. The minimum atomic E-state index is -2.90. The van der Waals surface area contributed by atoms with Crippen LogP contribution in [-0.4, -0.2) is 17.8 Å². The third-order valence-corrected chi connectivity index (χ3v) is 8.48. The van der Waals surface area contributed by atoms with Crippen LogP contribution in [0, 0.1) is 13.8 Å². The molecule has 0 N–H and O–H groups in total. The molecule has 0 aliphatic rings. The zero-order valence-corrected chi connectivity index (χ0v) is 16.4. The summed E-state index contributed by atoms with van der Waals surface area (Å²) >= 11 is 0. The zero-order chi connectivity index (χ0) is 18.0. The van der Waals surface area contributed by atoms with Crippen molar-refractivity contribution in [3.8, 4) is 0 Å². The Morgan fingerprint density at radius 2 is 1.48 bits per heavy atom. The van der Waals surface area contributed by atoms with Gasteiger partial charge in [0.25, 0.3) is 0 Å². The molecule has 1 unspecified atom stereocenters. The van der Waals surface area contributed by atoms with Gasteiger partial charge in [0, 0.05) is 23.7 Å². The maximum Gasteiger partial charge on any atom is 0.208 e. The molecule has 0 aliphatic heterocycles. The smallest absolute Gasteiger partial charge is 0.208 e. The number of hydrogen-bond acceptors (Lipinski definition) is 1. The molecule has 3 aromatic rings. The van der Waals surface area contributed by atoms with Crippen LogP contribution in [0.2, 0.25) is 0 Å². The van der Waals surface area contributed by atoms with Gasteiger partial charge in [0.2, 0.25) is 7.29 Å². The van der Waals surface area contributed by atoms with Gasteiger partial charge in [0.15, 0.2) is 0 Å². The van der Waals surface area contributed by atoms with Gasteiger partial charge in [-0.1, -0.05) is 67.9 Å². The number of benzene rings is 3. The van der Waals surface area contributed by atoms with Crippen molar-refractivity contribution < 1.29 is 4.57 Å². The topological polar surface area (TPSA) is 20.3 Å². The maximum atomic E-state index is 14.7. The molecule has 0 bridgehead atoms. The van der Waals surface area contributed by atoms with Gasteiger partial charge in [-0.2, -0.15) is 0 Å². The van der Waals surface area contributed by atoms with Gasteiger partial charge in [0.05, 0.1) is 0 Å². The van der Waals surface area contributed by atoms with Crippen molar-refractivity contribution >= 4 is 28.7 Å². The standard InChI is InChI=1S/C22H26NOP/c1-5-23(6-2)25(24,20-15-11-17(3)12-16-20)22-18(4)13-14-19-9-7-8-10-21(19)22/h7-16H,5-6H2,1-4H3. The molecule has 1 atom stereocenters. The van der Waals surface area contributed by atoms with Crippen molar-refractivity contribution in [2.45, 2.75) is 27.7 Å². The predicted molar refractivity (Wildman–Crippen MR) is 110 cm³/mol. The molecule has 0 amide bonds. The fourth-order valence-electron chi connectivity index (χ4n) is 3.57. The Labute approximate surface area is 150 Å². The minimum Gasteiger partial charge on any atom is -0.296 e. The average Bonchev–Trinajstić information content (AvgIpc) is 2.63. The molecule has 2 nitrogen and oxygen atoms in total. The monoisotopic (exact) mass is 351 g/mol. The Morgan fingerprint density at radius 1 is 0.840 bits per heavy atom. The average molecular weight is 351 g/mol. The lowest BCUT2D eigenvalue weighted by Gasteiger charge is -2.32. The van der Waals surface area contributed by atoms with Crippen molar-refractivity contribution in [2.75, 3.05) is 13.1 Å². The third-order valence-electron chi connectivity index (χ3n) is 4.92. The first-order chi connectivity index (χ1) is 12.0. The van der Waals surface area contributed by atoms with Crippen LogP contribution >= 0.6 is 7.29 Å². The first-order valence-electron chi connectivity index (χ1n) is 8.94. The highest BCUT2D eigenvalue weighted by Crippen LogP contribution is 2.49. The molecule has 0 radical (unpaired) electrons. The van der Waals surface area contributed by atoms with Gasteiger partial charge in [-0.25, -0.2) is 4.67 Å². The number of rotatable bonds is 5. The van der Waals surface area contributed by atoms with E-state index in [-0.39, 0.29) is 0 Å². The van der Waals surface area contributed by atoms with Crippen LogP contribution in [0.4, 0.5) is 0 Å². The van der Waals surface area contributed by atoms with E-state index in [0.717, 1.165) is 40.0 Å². The van der Waals surface area contributed by atoms with Crippen molar-refractivity contribution in [1.82, 2.24) is 4.67 Å². The van der Waals surface area contributed by atoms with Crippen LogP contribution in [0.3, 0.4) is 0 Å². The molecule has 0 heterocycles. The highest BCUT2D eigenvalue weighted by Gasteiger charge is 2.35. The van der Waals surface area contributed by atoms with Crippen LogP contribution in [0.5, 0.6) is 0 Å². The molecule has 0 aromatic heterocycles. The second kappa shape index (κ2) is 7.15. The van der Waals surface area contributed by atoms with Gasteiger partial charge in [-0.05, 0) is 42.3 Å². The summed E-state index contributed by atoms with van der Waals surface area (Å²) in [6.45, 7) is 9.83. The molecule has 0 spiro atoms. The Morgan fingerprint density at radius 3 is 2.12 bits per heavy atom. The summed E-state index contributed by atoms with van der Waals surface area (Å²) in [5.74, 6) is 0. The number of nitrogens with zero attached hydrogens (tertiary/aromatic N) is 1. The van der Waals surface area contributed by atoms with Crippen LogP contribution in [0.1, 0.15) is 25.0 Å². The lowest BCUT2D eigenvalue weighted by atomic mass is 10.1. The van der Waals surface area contributed by atoms with E-state index in [2.05, 4.69) is 68.8 Å². The van der Waals surface area contributed by atoms with E-state index >= 15 is 0 Å². The summed E-state index contributed by atoms with van der Waals surface area (Å²) in [7, 11) is -2.90. The Hall–Kier alpha value is -1.89. The Kier molecular flexibility index (Phi) is 5.13. The second-order valence-electron chi connectivity index (χ2n) is 6.50. The summed E-state index contributed by atoms with van der Waals surface area (Å²) in [6, 6.07) is 20.7. The SMILES string of the molecule is CCN(CC)P(=O)(c1ccc(C)cc1)c1c(C)ccc2ccccc12. The molecule has 3 aromatic carbocycles. The van der Waals surface area contributed by atoms with E-state index < -0.39 is 7.29 Å². The number of aryl methyl sites for hydroxylation is 2. The lowest BCUT2D eigenvalue weighted by molar-refractivity contribution is 0.458. The van der Waals surface area contributed by atoms with E-state index in [1.54, 1.807) is 0 Å². The lowest BCUT2D eigenvalue weighted by Crippen LogP contribution is -2.33. The van der Waals surface area contributed by atoms with Crippen LogP contribution in [-0.2, 0) is 4.57 Å². The molecule has 130 valence electrons. The Bertz CT molecular complexity index is 926. The van der Waals surface area contributed by atoms with Crippen molar-refractivity contribution in [2.24, 2.45) is 0 Å². The first-order valence-corrected chi connectivity index (χ1v) is 10.6. The predicted octanol–water partition coefficient (Wildman–Crippen LogP) is 5.03. The molecule has 0 fully saturated rings. The highest BCUT2D eigenvalue weighted by atomic mass is 31.2. The molecule has 0 aliphatic carbocycles. The van der Waals surface area contributed by atoms with E-state index in [1.807, 2.05) is 24.3 Å². The first kappa shape index (κ1) is 17.9. The molecule has 3 heteroatoms. The molecular formula is C22H26NOP. The van der Waals surface area contributed by atoms with Crippen LogP contribution in [0.25, 0.3) is 10.8 Å². The van der Waals surface area contributed by atoms with E-state index in [4.69, 9.17) is 0 Å². The molecular weight excluding hydrogens is 325 g/mol. The van der Waals surface area contributed by atoms with Gasteiger partial charge in [-0.3, -0.25) is 4.57 Å². The largest absolute Gasteiger partial charge is 0.296 e. The maximum absolute atomic E-state index is 14.7. The van der Waals surface area contributed by atoms with Gasteiger partial charge in [0.1, 0.15) is 0 Å². The second-order valence-corrected chi connectivity index (χ2v) is 9.18. The molecule has 25 heavy (non-hydrogen) atoms. The van der Waals surface area contributed by atoms with Gasteiger partial charge in [-0.15, -0.1) is 0 Å². The van der Waals surface area contributed by atoms with E-state index in [9.17, 15) is 4.57 Å². The number of hydrogen-bond donors (Lipinski definition) is 0. The summed E-state index contributed by atoms with van der Waals surface area (Å²) in [5, 5.41) is 4.14. The van der Waals surface area contributed by atoms with Crippen LogP contribution in [0.15, 0.2) is 60.7 Å². The number of fused-ring (bicyclic) bond motifs is 1. The summed E-state index contributed by atoms with van der Waals surface area (Å²) in [6.07, 6.45) is 0. The molecule has 3 rings (SSSR count). The summed E-state index contributed by atoms with van der Waals surface area (Å²) in [5.41, 5.74) is 2.28. The molecule has 0 saturated carbocycles. The van der Waals surface area contributed by atoms with Crippen molar-refractivity contribution in [1.29, 1.82) is 0 Å². The van der Waals surface area contributed by atoms with Crippen molar-refractivity contribution in [3.05, 3.63) is 71.8 Å². The van der Waals surface area contributed by atoms with Gasteiger partial charge >= 0.3 is 0 Å². The Balaban J connectivity index is 2.39. The van der Waals surface area contributed by atoms with E-state index in [0.29, 0.717) is 0 Å². The normalized spacial score (nSPS) is 14.0. The zero-order valence-electron chi connectivity index (χ0n) is 15.5. The van der Waals surface area contributed by atoms with Gasteiger partial charge < -0.3 is 0 Å². The highest BCUT2D eigenvalue weighted by molar-refractivity contribution is 7.77. The minimum absolute atomic E-state index is 0.754. The fraction of sp³-hybridized carbons (Fsp3) is 0.273.